The Balaban J connectivity index is 2.88. The largest absolute Gasteiger partial charge is 0.480 e. The maximum absolute atomic E-state index is 12.8. The van der Waals surface area contributed by atoms with Gasteiger partial charge in [0.2, 0.25) is 23.6 Å². The van der Waals surface area contributed by atoms with E-state index >= 15 is 0 Å². The minimum absolute atomic E-state index is 0.138. The van der Waals surface area contributed by atoms with Crippen LogP contribution >= 0.6 is 24.4 Å². The Morgan fingerprint density at radius 1 is 1.23 bits per heavy atom. The molecule has 0 aliphatic carbocycles. The van der Waals surface area contributed by atoms with Crippen molar-refractivity contribution in [2.24, 2.45) is 11.5 Å². The van der Waals surface area contributed by atoms with E-state index in [-0.39, 0.29) is 18.1 Å². The first-order chi connectivity index (χ1) is 14.1. The van der Waals surface area contributed by atoms with E-state index in [1.54, 1.807) is 0 Å². The van der Waals surface area contributed by atoms with Gasteiger partial charge in [-0.3, -0.25) is 19.2 Å². The van der Waals surface area contributed by atoms with Crippen molar-refractivity contribution in [3.8, 4) is 0 Å². The molecule has 0 aromatic carbocycles. The first kappa shape index (κ1) is 26.0. The van der Waals surface area contributed by atoms with Gasteiger partial charge < -0.3 is 32.1 Å². The smallest absolute Gasteiger partial charge is 0.326 e. The zero-order chi connectivity index (χ0) is 22.8. The molecule has 13 heteroatoms. The molecule has 30 heavy (non-hydrogen) atoms. The number of carbonyl (C=O) groups excluding carboxylic acids is 4. The highest BCUT2D eigenvalue weighted by Gasteiger charge is 2.37. The summed E-state index contributed by atoms with van der Waals surface area (Å²) in [4.78, 5) is 61.5. The second-order valence-electron chi connectivity index (χ2n) is 6.89. The highest BCUT2D eigenvalue weighted by atomic mass is 32.2. The Kier molecular flexibility index (Phi) is 11.0. The van der Waals surface area contributed by atoms with E-state index < -0.39 is 54.3 Å². The predicted octanol–water partition coefficient (Wildman–Crippen LogP) is -2.08. The van der Waals surface area contributed by atoms with Gasteiger partial charge in [0.05, 0.1) is 12.5 Å². The molecule has 4 atom stereocenters. The highest BCUT2D eigenvalue weighted by Crippen LogP contribution is 2.19. The number of thiol groups is 1. The fraction of sp³-hybridized carbons (Fsp3) is 0.706. The van der Waals surface area contributed by atoms with E-state index in [9.17, 15) is 29.1 Å². The minimum Gasteiger partial charge on any atom is -0.480 e. The molecule has 0 spiro atoms. The Morgan fingerprint density at radius 3 is 2.43 bits per heavy atom. The summed E-state index contributed by atoms with van der Waals surface area (Å²) in [5, 5.41) is 14.0. The number of hydrogen-bond donors (Lipinski definition) is 6. The molecule has 1 saturated heterocycles. The molecule has 7 N–H and O–H groups in total. The summed E-state index contributed by atoms with van der Waals surface area (Å²) < 4.78 is 0. The Labute approximate surface area is 184 Å². The van der Waals surface area contributed by atoms with Crippen LogP contribution in [0.2, 0.25) is 0 Å². The summed E-state index contributed by atoms with van der Waals surface area (Å²) >= 11 is 5.46. The number of amides is 4. The lowest BCUT2D eigenvalue weighted by atomic mass is 10.1. The monoisotopic (exact) mass is 463 g/mol. The fourth-order valence-corrected chi connectivity index (χ4v) is 3.67. The van der Waals surface area contributed by atoms with Gasteiger partial charge in [-0.15, -0.1) is 0 Å². The number of nitrogens with one attached hydrogen (secondary N) is 2. The lowest BCUT2D eigenvalue weighted by molar-refractivity contribution is -0.144. The summed E-state index contributed by atoms with van der Waals surface area (Å²) in [5.41, 5.74) is 10.8. The van der Waals surface area contributed by atoms with Crippen LogP contribution in [0.3, 0.4) is 0 Å². The van der Waals surface area contributed by atoms with Gasteiger partial charge in [0.1, 0.15) is 18.1 Å². The molecule has 4 amide bonds. The molecule has 0 aromatic heterocycles. The average Bonchev–Trinajstić information content (AvgIpc) is 3.18. The van der Waals surface area contributed by atoms with Gasteiger partial charge in [-0.2, -0.15) is 24.4 Å². The molecule has 0 radical (unpaired) electrons. The number of carboxylic acids is 1. The van der Waals surface area contributed by atoms with E-state index in [2.05, 4.69) is 23.3 Å². The molecular formula is C17H29N5O6S2. The summed E-state index contributed by atoms with van der Waals surface area (Å²) in [7, 11) is 0. The number of rotatable bonds is 12. The molecule has 1 fully saturated rings. The van der Waals surface area contributed by atoms with Crippen LogP contribution in [0.1, 0.15) is 25.7 Å². The molecule has 0 bridgehead atoms. The lowest BCUT2D eigenvalue weighted by Crippen LogP contribution is -2.57. The molecule has 1 aliphatic rings. The average molecular weight is 464 g/mol. The van der Waals surface area contributed by atoms with Gasteiger partial charge in [0.25, 0.3) is 0 Å². The van der Waals surface area contributed by atoms with Crippen molar-refractivity contribution in [1.29, 1.82) is 0 Å². The van der Waals surface area contributed by atoms with Crippen molar-refractivity contribution in [3.63, 3.8) is 0 Å². The Hall–Kier alpha value is -1.99. The molecule has 170 valence electrons. The van der Waals surface area contributed by atoms with Gasteiger partial charge in [-0.05, 0) is 31.3 Å². The number of primary amides is 1. The van der Waals surface area contributed by atoms with Crippen LogP contribution in [0.25, 0.3) is 0 Å². The normalized spacial score (nSPS) is 18.9. The van der Waals surface area contributed by atoms with Gasteiger partial charge in [0, 0.05) is 12.3 Å². The van der Waals surface area contributed by atoms with Gasteiger partial charge in [-0.1, -0.05) is 0 Å². The van der Waals surface area contributed by atoms with Gasteiger partial charge in [-0.25, -0.2) is 4.79 Å². The summed E-state index contributed by atoms with van der Waals surface area (Å²) in [6.07, 6.45) is 2.52. The van der Waals surface area contributed by atoms with E-state index in [4.69, 9.17) is 11.5 Å². The minimum atomic E-state index is -1.50. The second kappa shape index (κ2) is 12.6. The van der Waals surface area contributed by atoms with Crippen molar-refractivity contribution >= 4 is 54.0 Å². The Morgan fingerprint density at radius 2 is 1.90 bits per heavy atom. The number of carbonyl (C=O) groups is 5. The number of carboxylic acid groups (broad SMARTS) is 1. The first-order valence-corrected chi connectivity index (χ1v) is 11.4. The number of likely N-dealkylation sites (tertiary alicyclic amines) is 1. The molecular weight excluding hydrogens is 434 g/mol. The lowest BCUT2D eigenvalue weighted by Gasteiger charge is -2.28. The van der Waals surface area contributed by atoms with Crippen molar-refractivity contribution in [3.05, 3.63) is 0 Å². The molecule has 1 rings (SSSR count). The van der Waals surface area contributed by atoms with E-state index in [0.29, 0.717) is 25.1 Å². The van der Waals surface area contributed by atoms with Crippen LogP contribution in [0.15, 0.2) is 0 Å². The van der Waals surface area contributed by atoms with Crippen molar-refractivity contribution in [1.82, 2.24) is 15.5 Å². The van der Waals surface area contributed by atoms with Crippen LogP contribution in [0.4, 0.5) is 0 Å². The third-order valence-corrected chi connectivity index (χ3v) is 5.65. The van der Waals surface area contributed by atoms with Gasteiger partial charge in [0.15, 0.2) is 0 Å². The Bertz CT molecular complexity index is 665. The maximum Gasteiger partial charge on any atom is 0.326 e. The summed E-state index contributed by atoms with van der Waals surface area (Å²) in [6, 6.07) is -4.13. The van der Waals surface area contributed by atoms with Crippen molar-refractivity contribution < 1.29 is 29.1 Å². The van der Waals surface area contributed by atoms with Crippen LogP contribution < -0.4 is 22.1 Å². The van der Waals surface area contributed by atoms with Crippen LogP contribution in [0.5, 0.6) is 0 Å². The van der Waals surface area contributed by atoms with Crippen molar-refractivity contribution in [2.75, 3.05) is 24.3 Å². The molecule has 1 heterocycles. The number of aliphatic carboxylic acids is 1. The fourth-order valence-electron chi connectivity index (χ4n) is 3.04. The number of nitrogens with zero attached hydrogens (tertiary/aromatic N) is 1. The van der Waals surface area contributed by atoms with Crippen LogP contribution in [0, 0.1) is 0 Å². The summed E-state index contributed by atoms with van der Waals surface area (Å²) in [6.45, 7) is 0.375. The number of nitrogens with two attached hydrogens (primary N) is 2. The predicted molar refractivity (Wildman–Crippen MR) is 115 cm³/mol. The standard InChI is InChI=1S/C17H29N5O6S2/c1-30-6-4-10(14(24)21-11(17(27)28)7-13(19)23)20-15(25)12-3-2-5-22(12)16(26)9(18)8-29/h9-12,29H,2-8,18H2,1H3,(H2,19,23)(H,20,25)(H,21,24)(H,27,28). The summed E-state index contributed by atoms with van der Waals surface area (Å²) in [5.74, 6) is -3.29. The van der Waals surface area contributed by atoms with Gasteiger partial charge >= 0.3 is 5.97 Å². The second-order valence-corrected chi connectivity index (χ2v) is 8.24. The van der Waals surface area contributed by atoms with E-state index in [1.165, 1.54) is 16.7 Å². The van der Waals surface area contributed by atoms with E-state index in [0.717, 1.165) is 0 Å². The highest BCUT2D eigenvalue weighted by molar-refractivity contribution is 7.98. The quantitative estimate of drug-likeness (QED) is 0.178. The zero-order valence-electron chi connectivity index (χ0n) is 16.7. The molecule has 1 aliphatic heterocycles. The molecule has 0 aromatic rings. The topological polar surface area (TPSA) is 185 Å². The zero-order valence-corrected chi connectivity index (χ0v) is 18.4. The van der Waals surface area contributed by atoms with E-state index in [1.807, 2.05) is 6.26 Å². The first-order valence-electron chi connectivity index (χ1n) is 9.40. The number of thioether (sulfide) groups is 1. The maximum atomic E-state index is 12.8. The van der Waals surface area contributed by atoms with Crippen molar-refractivity contribution in [2.45, 2.75) is 49.9 Å². The third-order valence-electron chi connectivity index (χ3n) is 4.62. The molecule has 0 saturated carbocycles. The molecule has 11 nitrogen and oxygen atoms in total. The third kappa shape index (κ3) is 7.69. The van der Waals surface area contributed by atoms with Crippen LogP contribution in [-0.2, 0) is 24.0 Å². The number of hydrogen-bond acceptors (Lipinski definition) is 8. The SMILES string of the molecule is CSCCC(NC(=O)C1CCCN1C(=O)C(N)CS)C(=O)NC(CC(N)=O)C(=O)O. The van der Waals surface area contributed by atoms with Crippen LogP contribution in [-0.4, -0.2) is 88.1 Å². The molecule has 4 unspecified atom stereocenters.